The molecule has 148 valence electrons. The Kier molecular flexibility index (Phi) is 6.31. The molecule has 1 aromatic rings. The second-order valence-electron chi connectivity index (χ2n) is 7.68. The second kappa shape index (κ2) is 8.69. The summed E-state index contributed by atoms with van der Waals surface area (Å²) in [4.78, 5) is 31.6. The number of rotatable bonds is 5. The van der Waals surface area contributed by atoms with E-state index in [9.17, 15) is 9.59 Å². The van der Waals surface area contributed by atoms with E-state index in [0.29, 0.717) is 26.2 Å². The molecule has 0 N–H and O–H groups in total. The van der Waals surface area contributed by atoms with Crippen LogP contribution in [-0.4, -0.2) is 77.0 Å². The van der Waals surface area contributed by atoms with Gasteiger partial charge in [0.05, 0.1) is 11.7 Å². The Morgan fingerprint density at radius 3 is 2.67 bits per heavy atom. The Labute approximate surface area is 161 Å². The molecule has 0 spiro atoms. The van der Waals surface area contributed by atoms with Gasteiger partial charge in [-0.3, -0.25) is 14.5 Å². The normalized spacial score (nSPS) is 21.5. The summed E-state index contributed by atoms with van der Waals surface area (Å²) in [5, 5.41) is 3.98. The predicted octanol–water partition coefficient (Wildman–Crippen LogP) is 2.12. The average molecular weight is 374 g/mol. The molecule has 7 nitrogen and oxygen atoms in total. The topological polar surface area (TPSA) is 69.9 Å². The van der Waals surface area contributed by atoms with Gasteiger partial charge in [-0.15, -0.1) is 6.58 Å². The number of likely N-dealkylation sites (tertiary alicyclic amines) is 1. The van der Waals surface area contributed by atoms with Crippen LogP contribution in [0.2, 0.25) is 0 Å². The Bertz CT molecular complexity index is 685. The molecule has 0 saturated carbocycles. The number of nitrogens with zero attached hydrogens (tertiary/aromatic N) is 4. The summed E-state index contributed by atoms with van der Waals surface area (Å²) in [7, 11) is 0. The van der Waals surface area contributed by atoms with E-state index in [-0.39, 0.29) is 29.5 Å². The largest absolute Gasteiger partial charge is 0.351 e. The van der Waals surface area contributed by atoms with Gasteiger partial charge in [-0.2, -0.15) is 0 Å². The molecule has 0 unspecified atom stereocenters. The third-order valence-electron chi connectivity index (χ3n) is 5.44. The molecule has 1 atom stereocenters. The van der Waals surface area contributed by atoms with Crippen LogP contribution in [0.3, 0.4) is 0 Å². The lowest BCUT2D eigenvalue weighted by molar-refractivity contribution is -0.135. The lowest BCUT2D eigenvalue weighted by Crippen LogP contribution is -2.47. The van der Waals surface area contributed by atoms with Gasteiger partial charge in [-0.05, 0) is 31.7 Å². The lowest BCUT2D eigenvalue weighted by atomic mass is 10.1. The third kappa shape index (κ3) is 4.40. The molecule has 2 fully saturated rings. The number of carbonyl (C=O) groups excluding carboxylic acids is 2. The first-order chi connectivity index (χ1) is 13.0. The molecule has 2 aliphatic rings. The summed E-state index contributed by atoms with van der Waals surface area (Å²) in [5.74, 6) is 0.548. The summed E-state index contributed by atoms with van der Waals surface area (Å²) < 4.78 is 5.24. The standard InChI is InChI=1S/C20H30N4O3/c1-4-8-22-9-5-7-17(22)19(25)23-10-6-11-24(13-12-23)20(26)18-14-16(15(2)3)21-27-18/h4,14-15,17H,1,5-13H2,2-3H3/t17-/m0/s1. The van der Waals surface area contributed by atoms with Gasteiger partial charge >= 0.3 is 0 Å². The summed E-state index contributed by atoms with van der Waals surface area (Å²) >= 11 is 0. The summed E-state index contributed by atoms with van der Waals surface area (Å²) in [6.07, 6.45) is 4.59. The maximum Gasteiger partial charge on any atom is 0.292 e. The highest BCUT2D eigenvalue weighted by Gasteiger charge is 2.34. The highest BCUT2D eigenvalue weighted by Crippen LogP contribution is 2.21. The van der Waals surface area contributed by atoms with Crippen LogP contribution < -0.4 is 0 Å². The van der Waals surface area contributed by atoms with Crippen molar-refractivity contribution in [3.05, 3.63) is 30.2 Å². The number of amides is 2. The molecule has 1 aromatic heterocycles. The minimum atomic E-state index is -0.141. The first-order valence-electron chi connectivity index (χ1n) is 9.91. The van der Waals surface area contributed by atoms with Gasteiger partial charge < -0.3 is 14.3 Å². The van der Waals surface area contributed by atoms with E-state index in [2.05, 4.69) is 16.6 Å². The number of aromatic nitrogens is 1. The van der Waals surface area contributed by atoms with Gasteiger partial charge in [0, 0.05) is 38.8 Å². The average Bonchev–Trinajstić information content (AvgIpc) is 3.25. The predicted molar refractivity (Wildman–Crippen MR) is 102 cm³/mol. The van der Waals surface area contributed by atoms with E-state index in [1.54, 1.807) is 11.0 Å². The molecule has 3 heterocycles. The van der Waals surface area contributed by atoms with Gasteiger partial charge in [-0.25, -0.2) is 0 Å². The molecule has 7 heteroatoms. The molecular weight excluding hydrogens is 344 g/mol. The van der Waals surface area contributed by atoms with Crippen molar-refractivity contribution >= 4 is 11.8 Å². The van der Waals surface area contributed by atoms with Gasteiger partial charge in [0.2, 0.25) is 11.7 Å². The quantitative estimate of drug-likeness (QED) is 0.739. The molecule has 0 aliphatic carbocycles. The van der Waals surface area contributed by atoms with Crippen LogP contribution in [0.4, 0.5) is 0 Å². The van der Waals surface area contributed by atoms with Crippen LogP contribution in [-0.2, 0) is 4.79 Å². The first-order valence-corrected chi connectivity index (χ1v) is 9.91. The van der Waals surface area contributed by atoms with E-state index < -0.39 is 0 Å². The van der Waals surface area contributed by atoms with Crippen LogP contribution in [0.25, 0.3) is 0 Å². The molecule has 2 aliphatic heterocycles. The summed E-state index contributed by atoms with van der Waals surface area (Å²) in [6.45, 7) is 11.9. The van der Waals surface area contributed by atoms with Crippen LogP contribution in [0, 0.1) is 0 Å². The van der Waals surface area contributed by atoms with Crippen molar-refractivity contribution < 1.29 is 14.1 Å². The Morgan fingerprint density at radius 1 is 1.22 bits per heavy atom. The molecule has 27 heavy (non-hydrogen) atoms. The monoisotopic (exact) mass is 374 g/mol. The molecule has 2 amide bonds. The Balaban J connectivity index is 1.60. The highest BCUT2D eigenvalue weighted by molar-refractivity contribution is 5.91. The fraction of sp³-hybridized carbons (Fsp3) is 0.650. The maximum absolute atomic E-state index is 13.0. The molecule has 3 rings (SSSR count). The molecule has 0 bridgehead atoms. The van der Waals surface area contributed by atoms with Crippen molar-refractivity contribution in [3.63, 3.8) is 0 Å². The SMILES string of the molecule is C=CCN1CCC[C@H]1C(=O)N1CCCN(C(=O)c2cc(C(C)C)no2)CC1. The fourth-order valence-electron chi connectivity index (χ4n) is 3.86. The van der Waals surface area contributed by atoms with Gasteiger partial charge in [0.25, 0.3) is 5.91 Å². The second-order valence-corrected chi connectivity index (χ2v) is 7.68. The third-order valence-corrected chi connectivity index (χ3v) is 5.44. The first kappa shape index (κ1) is 19.6. The van der Waals surface area contributed by atoms with Crippen molar-refractivity contribution in [2.24, 2.45) is 0 Å². The zero-order chi connectivity index (χ0) is 19.4. The zero-order valence-corrected chi connectivity index (χ0v) is 16.4. The van der Waals surface area contributed by atoms with E-state index >= 15 is 0 Å². The summed E-state index contributed by atoms with van der Waals surface area (Å²) in [5.41, 5.74) is 0.786. The van der Waals surface area contributed by atoms with E-state index in [4.69, 9.17) is 4.52 Å². The minimum absolute atomic E-state index is 0.0480. The van der Waals surface area contributed by atoms with Crippen LogP contribution >= 0.6 is 0 Å². The van der Waals surface area contributed by atoms with Crippen LogP contribution in [0.5, 0.6) is 0 Å². The lowest BCUT2D eigenvalue weighted by Gasteiger charge is -2.29. The Morgan fingerprint density at radius 2 is 1.96 bits per heavy atom. The van der Waals surface area contributed by atoms with E-state index in [0.717, 1.165) is 38.0 Å². The van der Waals surface area contributed by atoms with Gasteiger partial charge in [-0.1, -0.05) is 25.1 Å². The van der Waals surface area contributed by atoms with Crippen LogP contribution in [0.15, 0.2) is 23.2 Å². The highest BCUT2D eigenvalue weighted by atomic mass is 16.5. The van der Waals surface area contributed by atoms with Crippen molar-refractivity contribution in [1.29, 1.82) is 0 Å². The smallest absolute Gasteiger partial charge is 0.292 e. The van der Waals surface area contributed by atoms with E-state index in [1.807, 2.05) is 24.8 Å². The molecule has 0 radical (unpaired) electrons. The Hall–Kier alpha value is -2.15. The molecule has 2 saturated heterocycles. The zero-order valence-electron chi connectivity index (χ0n) is 16.4. The molecule has 0 aromatic carbocycles. The summed E-state index contributed by atoms with van der Waals surface area (Å²) in [6, 6.07) is 1.68. The maximum atomic E-state index is 13.0. The number of hydrogen-bond donors (Lipinski definition) is 0. The minimum Gasteiger partial charge on any atom is -0.351 e. The van der Waals surface area contributed by atoms with Crippen molar-refractivity contribution in [2.75, 3.05) is 39.3 Å². The number of carbonyl (C=O) groups is 2. The van der Waals surface area contributed by atoms with Crippen LogP contribution in [0.1, 0.15) is 55.3 Å². The fourth-order valence-corrected chi connectivity index (χ4v) is 3.86. The van der Waals surface area contributed by atoms with Gasteiger partial charge in [0.1, 0.15) is 0 Å². The van der Waals surface area contributed by atoms with Crippen molar-refractivity contribution in [3.8, 4) is 0 Å². The van der Waals surface area contributed by atoms with Gasteiger partial charge in [0.15, 0.2) is 0 Å². The molecular formula is C20H30N4O3. The van der Waals surface area contributed by atoms with Crippen molar-refractivity contribution in [2.45, 2.75) is 45.1 Å². The number of hydrogen-bond acceptors (Lipinski definition) is 5. The van der Waals surface area contributed by atoms with E-state index in [1.165, 1.54) is 0 Å². The van der Waals surface area contributed by atoms with Crippen molar-refractivity contribution in [1.82, 2.24) is 19.9 Å².